The summed E-state index contributed by atoms with van der Waals surface area (Å²) in [4.78, 5) is 17.3. The van der Waals surface area contributed by atoms with Crippen molar-refractivity contribution in [1.29, 1.82) is 0 Å². The highest BCUT2D eigenvalue weighted by Crippen LogP contribution is 2.52. The minimum atomic E-state index is -0.00765. The van der Waals surface area contributed by atoms with Gasteiger partial charge >= 0.3 is 0 Å². The lowest BCUT2D eigenvalue weighted by Gasteiger charge is -2.54. The average molecular weight is 324 g/mol. The maximum atomic E-state index is 11.8. The number of hydrogen-bond donors (Lipinski definition) is 1. The van der Waals surface area contributed by atoms with Crippen LogP contribution in [0, 0.1) is 12.8 Å². The van der Waals surface area contributed by atoms with E-state index in [9.17, 15) is 4.79 Å². The largest absolute Gasteiger partial charge is 0.322 e. The van der Waals surface area contributed by atoms with E-state index < -0.39 is 0 Å². The van der Waals surface area contributed by atoms with E-state index in [0.717, 1.165) is 16.8 Å². The molecule has 2 fully saturated rings. The summed E-state index contributed by atoms with van der Waals surface area (Å²) >= 11 is 0. The van der Waals surface area contributed by atoms with Gasteiger partial charge in [-0.05, 0) is 87.3 Å². The first-order valence-electron chi connectivity index (χ1n) is 9.36. The van der Waals surface area contributed by atoms with E-state index in [0.29, 0.717) is 6.04 Å². The molecule has 0 radical (unpaired) electrons. The Bertz CT molecular complexity index is 824. The molecular formula is C21H28N2O. The lowest BCUT2D eigenvalue weighted by Crippen LogP contribution is -2.55. The third kappa shape index (κ3) is 2.33. The fourth-order valence-electron chi connectivity index (χ4n) is 5.49. The summed E-state index contributed by atoms with van der Waals surface area (Å²) in [5, 5.41) is 1.14. The summed E-state index contributed by atoms with van der Waals surface area (Å²) in [7, 11) is 2.27. The molecule has 3 nitrogen and oxygen atoms in total. The fourth-order valence-corrected chi connectivity index (χ4v) is 5.49. The van der Waals surface area contributed by atoms with Crippen LogP contribution in [0.4, 0.5) is 0 Å². The van der Waals surface area contributed by atoms with Crippen LogP contribution in [0.5, 0.6) is 0 Å². The quantitative estimate of drug-likeness (QED) is 0.861. The number of pyridine rings is 1. The van der Waals surface area contributed by atoms with E-state index in [-0.39, 0.29) is 11.0 Å². The minimum absolute atomic E-state index is 0.00765. The maximum absolute atomic E-state index is 11.8. The van der Waals surface area contributed by atoms with Crippen LogP contribution in [0.2, 0.25) is 0 Å². The van der Waals surface area contributed by atoms with E-state index in [1.165, 1.54) is 49.8 Å². The molecule has 2 aromatic rings. The first kappa shape index (κ1) is 15.9. The summed E-state index contributed by atoms with van der Waals surface area (Å²) in [5.74, 6) is 0.719. The predicted octanol–water partition coefficient (Wildman–Crippen LogP) is 3.99. The van der Waals surface area contributed by atoms with Gasteiger partial charge in [0.25, 0.3) is 0 Å². The normalized spacial score (nSPS) is 31.1. The lowest BCUT2D eigenvalue weighted by atomic mass is 9.56. The molecule has 1 N–H and O–H groups in total. The number of fused-ring (bicyclic) bond motifs is 2. The Balaban J connectivity index is 1.90. The molecule has 3 unspecified atom stereocenters. The Labute approximate surface area is 144 Å². The van der Waals surface area contributed by atoms with E-state index in [4.69, 9.17) is 0 Å². The first-order chi connectivity index (χ1) is 11.5. The molecule has 0 spiro atoms. The van der Waals surface area contributed by atoms with Crippen LogP contribution in [0.1, 0.15) is 50.2 Å². The van der Waals surface area contributed by atoms with Crippen molar-refractivity contribution in [3.63, 3.8) is 0 Å². The zero-order chi connectivity index (χ0) is 16.9. The Hall–Kier alpha value is -1.61. The first-order valence-corrected chi connectivity index (χ1v) is 9.36. The molecule has 1 saturated heterocycles. The SMILES string of the molecule is Cc1cc2ccc(=O)[nH]c2cc1C12CCCCC1C(C)N(C)CC2. The summed E-state index contributed by atoms with van der Waals surface area (Å²) in [6.45, 7) is 5.83. The van der Waals surface area contributed by atoms with Crippen molar-refractivity contribution in [3.05, 3.63) is 45.7 Å². The number of hydrogen-bond acceptors (Lipinski definition) is 2. The zero-order valence-electron chi connectivity index (χ0n) is 15.1. The maximum Gasteiger partial charge on any atom is 0.248 e. The molecule has 3 heteroatoms. The molecule has 1 aromatic carbocycles. The molecule has 0 bridgehead atoms. The van der Waals surface area contributed by atoms with Crippen molar-refractivity contribution < 1.29 is 0 Å². The predicted molar refractivity (Wildman–Crippen MR) is 99.7 cm³/mol. The van der Waals surface area contributed by atoms with Gasteiger partial charge in [-0.15, -0.1) is 0 Å². The number of benzene rings is 1. The Morgan fingerprint density at radius 2 is 2.04 bits per heavy atom. The van der Waals surface area contributed by atoms with E-state index in [2.05, 4.69) is 42.9 Å². The van der Waals surface area contributed by atoms with Crippen LogP contribution in [0.25, 0.3) is 10.9 Å². The standard InChI is InChI=1S/C21H28N2O/c1-14-12-16-7-8-20(24)22-19(16)13-18(14)21-9-5-4-6-17(21)15(2)23(3)11-10-21/h7-8,12-13,15,17H,4-6,9-11H2,1-3H3,(H,22,24). The van der Waals surface area contributed by atoms with Gasteiger partial charge in [-0.3, -0.25) is 4.79 Å². The number of rotatable bonds is 1. The van der Waals surface area contributed by atoms with Crippen molar-refractivity contribution in [2.24, 2.45) is 5.92 Å². The summed E-state index contributed by atoms with van der Waals surface area (Å²) < 4.78 is 0. The van der Waals surface area contributed by atoms with Gasteiger partial charge in [0, 0.05) is 23.0 Å². The molecule has 2 heterocycles. The molecular weight excluding hydrogens is 296 g/mol. The number of nitrogens with zero attached hydrogens (tertiary/aromatic N) is 1. The van der Waals surface area contributed by atoms with Crippen molar-refractivity contribution in [1.82, 2.24) is 9.88 Å². The second-order valence-corrected chi connectivity index (χ2v) is 8.06. The lowest BCUT2D eigenvalue weighted by molar-refractivity contribution is 0.0226. The van der Waals surface area contributed by atoms with Crippen LogP contribution in [-0.4, -0.2) is 29.5 Å². The van der Waals surface area contributed by atoms with Crippen LogP contribution in [0.15, 0.2) is 29.1 Å². The number of piperidine rings is 1. The average Bonchev–Trinajstić information content (AvgIpc) is 2.58. The van der Waals surface area contributed by atoms with Gasteiger partial charge in [0.1, 0.15) is 0 Å². The number of H-pyrrole nitrogens is 1. The topological polar surface area (TPSA) is 36.1 Å². The van der Waals surface area contributed by atoms with Gasteiger partial charge in [-0.2, -0.15) is 0 Å². The van der Waals surface area contributed by atoms with Crippen molar-refractivity contribution in [2.45, 2.75) is 57.4 Å². The van der Waals surface area contributed by atoms with Crippen molar-refractivity contribution in [2.75, 3.05) is 13.6 Å². The minimum Gasteiger partial charge on any atom is -0.322 e. The van der Waals surface area contributed by atoms with Gasteiger partial charge < -0.3 is 9.88 Å². The van der Waals surface area contributed by atoms with Crippen LogP contribution >= 0.6 is 0 Å². The molecule has 3 atom stereocenters. The van der Waals surface area contributed by atoms with Crippen LogP contribution < -0.4 is 5.56 Å². The number of likely N-dealkylation sites (tertiary alicyclic amines) is 1. The molecule has 1 aliphatic carbocycles. The number of aromatic nitrogens is 1. The van der Waals surface area contributed by atoms with Crippen molar-refractivity contribution >= 4 is 10.9 Å². The Kier molecular flexibility index (Phi) is 3.80. The van der Waals surface area contributed by atoms with E-state index >= 15 is 0 Å². The van der Waals surface area contributed by atoms with Crippen molar-refractivity contribution in [3.8, 4) is 0 Å². The molecule has 2 aliphatic rings. The molecule has 1 saturated carbocycles. The third-order valence-corrected chi connectivity index (χ3v) is 6.89. The highest BCUT2D eigenvalue weighted by atomic mass is 16.1. The van der Waals surface area contributed by atoms with E-state index in [1.807, 2.05) is 6.07 Å². The summed E-state index contributed by atoms with van der Waals surface area (Å²) in [5.41, 5.74) is 4.15. The van der Waals surface area contributed by atoms with Gasteiger partial charge in [0.2, 0.25) is 5.56 Å². The summed E-state index contributed by atoms with van der Waals surface area (Å²) in [6.07, 6.45) is 6.54. The van der Waals surface area contributed by atoms with Gasteiger partial charge in [0.05, 0.1) is 0 Å². The third-order valence-electron chi connectivity index (χ3n) is 6.89. The van der Waals surface area contributed by atoms with Crippen LogP contribution in [0.3, 0.4) is 0 Å². The monoisotopic (exact) mass is 324 g/mol. The van der Waals surface area contributed by atoms with Crippen LogP contribution in [-0.2, 0) is 5.41 Å². The fraction of sp³-hybridized carbons (Fsp3) is 0.571. The smallest absolute Gasteiger partial charge is 0.248 e. The van der Waals surface area contributed by atoms with Gasteiger partial charge in [-0.25, -0.2) is 0 Å². The molecule has 4 rings (SSSR count). The molecule has 1 aliphatic heterocycles. The second-order valence-electron chi connectivity index (χ2n) is 8.06. The Morgan fingerprint density at radius 3 is 2.88 bits per heavy atom. The Morgan fingerprint density at radius 1 is 1.21 bits per heavy atom. The number of nitrogens with one attached hydrogen (secondary N) is 1. The van der Waals surface area contributed by atoms with Gasteiger partial charge in [-0.1, -0.05) is 12.8 Å². The number of aromatic amines is 1. The number of aryl methyl sites for hydroxylation is 1. The molecule has 0 amide bonds. The van der Waals surface area contributed by atoms with E-state index in [1.54, 1.807) is 6.07 Å². The molecule has 1 aromatic heterocycles. The second kappa shape index (κ2) is 5.73. The molecule has 24 heavy (non-hydrogen) atoms. The van der Waals surface area contributed by atoms with Gasteiger partial charge in [0.15, 0.2) is 0 Å². The molecule has 128 valence electrons. The summed E-state index contributed by atoms with van der Waals surface area (Å²) in [6, 6.07) is 8.76. The zero-order valence-corrected chi connectivity index (χ0v) is 15.1. The highest BCUT2D eigenvalue weighted by molar-refractivity contribution is 5.80. The highest BCUT2D eigenvalue weighted by Gasteiger charge is 2.48.